The molecule has 2 aromatic rings. The summed E-state index contributed by atoms with van der Waals surface area (Å²) < 4.78 is 18.6. The maximum Gasteiger partial charge on any atom is 0.198 e. The zero-order valence-electron chi connectivity index (χ0n) is 13.1. The van der Waals surface area contributed by atoms with E-state index < -0.39 is 0 Å². The minimum Gasteiger partial charge on any atom is -0.492 e. The smallest absolute Gasteiger partial charge is 0.198 e. The van der Waals surface area contributed by atoms with E-state index in [0.717, 1.165) is 18.9 Å². The van der Waals surface area contributed by atoms with Crippen LogP contribution in [0.5, 0.6) is 5.75 Å². The van der Waals surface area contributed by atoms with E-state index in [2.05, 4.69) is 33.4 Å². The highest BCUT2D eigenvalue weighted by atomic mass is 19.1. The van der Waals surface area contributed by atoms with E-state index in [1.807, 2.05) is 6.07 Å². The van der Waals surface area contributed by atoms with Crippen LogP contribution in [0.3, 0.4) is 0 Å². The van der Waals surface area contributed by atoms with Gasteiger partial charge in [-0.3, -0.25) is 4.99 Å². The molecule has 0 radical (unpaired) electrons. The van der Waals surface area contributed by atoms with Gasteiger partial charge >= 0.3 is 0 Å². The van der Waals surface area contributed by atoms with Crippen molar-refractivity contribution in [3.05, 3.63) is 59.9 Å². The van der Waals surface area contributed by atoms with E-state index >= 15 is 0 Å². The Balaban J connectivity index is 1.53. The Morgan fingerprint density at radius 1 is 1.26 bits per heavy atom. The Kier molecular flexibility index (Phi) is 4.76. The van der Waals surface area contributed by atoms with Crippen LogP contribution in [-0.4, -0.2) is 32.7 Å². The van der Waals surface area contributed by atoms with Crippen molar-refractivity contribution < 1.29 is 9.13 Å². The summed E-state index contributed by atoms with van der Waals surface area (Å²) in [7, 11) is 1.77. The number of aliphatic imine (C=N–C) groups is 1. The van der Waals surface area contributed by atoms with Gasteiger partial charge in [0.1, 0.15) is 18.2 Å². The van der Waals surface area contributed by atoms with Crippen LogP contribution in [0, 0.1) is 5.82 Å². The lowest BCUT2D eigenvalue weighted by Gasteiger charge is -2.22. The first kappa shape index (κ1) is 15.3. The average Bonchev–Trinajstić information content (AvgIpc) is 2.99. The van der Waals surface area contributed by atoms with E-state index in [1.54, 1.807) is 19.2 Å². The number of halogens is 1. The standard InChI is InChI=1S/C18H20FN3O/c1-20-18(22-11-9-14-5-2-3-8-17(14)22)21-10-12-23-16-7-4-6-15(19)13-16/h2-8,13H,9-12H2,1H3,(H,20,21). The number of benzene rings is 2. The number of anilines is 1. The predicted molar refractivity (Wildman–Crippen MR) is 90.7 cm³/mol. The van der Waals surface area contributed by atoms with Gasteiger partial charge in [0.25, 0.3) is 0 Å². The van der Waals surface area contributed by atoms with Crippen LogP contribution in [0.4, 0.5) is 10.1 Å². The van der Waals surface area contributed by atoms with Crippen LogP contribution in [0.15, 0.2) is 53.5 Å². The quantitative estimate of drug-likeness (QED) is 0.536. The molecule has 0 amide bonds. The van der Waals surface area contributed by atoms with Gasteiger partial charge in [0, 0.05) is 25.3 Å². The molecule has 4 nitrogen and oxygen atoms in total. The fraction of sp³-hybridized carbons (Fsp3) is 0.278. The van der Waals surface area contributed by atoms with Crippen LogP contribution < -0.4 is 15.0 Å². The summed E-state index contributed by atoms with van der Waals surface area (Å²) in [6.45, 7) is 1.96. The number of nitrogens with zero attached hydrogens (tertiary/aromatic N) is 2. The van der Waals surface area contributed by atoms with Crippen molar-refractivity contribution in [2.75, 3.05) is 31.6 Å². The Labute approximate surface area is 135 Å². The first-order valence-electron chi connectivity index (χ1n) is 7.72. The lowest BCUT2D eigenvalue weighted by Crippen LogP contribution is -2.42. The number of fused-ring (bicyclic) bond motifs is 1. The largest absolute Gasteiger partial charge is 0.492 e. The molecule has 1 heterocycles. The molecule has 5 heteroatoms. The van der Waals surface area contributed by atoms with E-state index in [0.29, 0.717) is 18.9 Å². The molecule has 1 aliphatic rings. The van der Waals surface area contributed by atoms with Crippen LogP contribution >= 0.6 is 0 Å². The first-order chi connectivity index (χ1) is 11.3. The Morgan fingerprint density at radius 3 is 2.96 bits per heavy atom. The van der Waals surface area contributed by atoms with Gasteiger partial charge in [-0.1, -0.05) is 24.3 Å². The van der Waals surface area contributed by atoms with Crippen molar-refractivity contribution in [3.63, 3.8) is 0 Å². The highest BCUT2D eigenvalue weighted by molar-refractivity contribution is 5.97. The van der Waals surface area contributed by atoms with Crippen LogP contribution in [0.1, 0.15) is 5.56 Å². The third-order valence-electron chi connectivity index (χ3n) is 3.80. The molecule has 2 aromatic carbocycles. The number of ether oxygens (including phenoxy) is 1. The lowest BCUT2D eigenvalue weighted by atomic mass is 10.2. The summed E-state index contributed by atoms with van der Waals surface area (Å²) in [5.41, 5.74) is 2.54. The zero-order chi connectivity index (χ0) is 16.1. The van der Waals surface area contributed by atoms with Gasteiger partial charge in [-0.05, 0) is 30.2 Å². The van der Waals surface area contributed by atoms with Crippen molar-refractivity contribution in [1.29, 1.82) is 0 Å². The molecule has 0 unspecified atom stereocenters. The van der Waals surface area contributed by atoms with Gasteiger partial charge in [0.15, 0.2) is 5.96 Å². The van der Waals surface area contributed by atoms with Crippen molar-refractivity contribution in [3.8, 4) is 5.75 Å². The molecule has 0 atom stereocenters. The molecule has 0 saturated heterocycles. The number of nitrogens with one attached hydrogen (secondary N) is 1. The monoisotopic (exact) mass is 313 g/mol. The van der Waals surface area contributed by atoms with Gasteiger partial charge in [0.2, 0.25) is 0 Å². The Morgan fingerprint density at radius 2 is 2.13 bits per heavy atom. The Hall–Kier alpha value is -2.56. The molecule has 0 aliphatic carbocycles. The van der Waals surface area contributed by atoms with Crippen molar-refractivity contribution >= 4 is 11.6 Å². The van der Waals surface area contributed by atoms with Gasteiger partial charge in [-0.2, -0.15) is 0 Å². The molecule has 0 bridgehead atoms. The van der Waals surface area contributed by atoms with Gasteiger partial charge < -0.3 is 15.0 Å². The normalized spacial score (nSPS) is 13.8. The molecular formula is C18H20FN3O. The second kappa shape index (κ2) is 7.13. The summed E-state index contributed by atoms with van der Waals surface area (Å²) in [6, 6.07) is 14.5. The summed E-state index contributed by atoms with van der Waals surface area (Å²) in [5, 5.41) is 3.29. The first-order valence-corrected chi connectivity index (χ1v) is 7.72. The molecule has 1 N–H and O–H groups in total. The van der Waals surface area contributed by atoms with Crippen molar-refractivity contribution in [2.45, 2.75) is 6.42 Å². The summed E-state index contributed by atoms with van der Waals surface area (Å²) in [4.78, 5) is 6.52. The highest BCUT2D eigenvalue weighted by Gasteiger charge is 2.21. The molecule has 1 aliphatic heterocycles. The van der Waals surface area contributed by atoms with E-state index in [9.17, 15) is 4.39 Å². The highest BCUT2D eigenvalue weighted by Crippen LogP contribution is 2.27. The maximum atomic E-state index is 13.1. The van der Waals surface area contributed by atoms with Gasteiger partial charge in [-0.15, -0.1) is 0 Å². The SMILES string of the molecule is CN=C(NCCOc1cccc(F)c1)N1CCc2ccccc21. The van der Waals surface area contributed by atoms with E-state index in [1.165, 1.54) is 23.4 Å². The molecule has 0 fully saturated rings. The molecular weight excluding hydrogens is 293 g/mol. The molecule has 23 heavy (non-hydrogen) atoms. The van der Waals surface area contributed by atoms with Crippen LogP contribution in [0.25, 0.3) is 0 Å². The maximum absolute atomic E-state index is 13.1. The van der Waals surface area contributed by atoms with Crippen LogP contribution in [0.2, 0.25) is 0 Å². The Bertz CT molecular complexity index is 702. The zero-order valence-corrected chi connectivity index (χ0v) is 13.1. The van der Waals surface area contributed by atoms with E-state index in [-0.39, 0.29) is 5.82 Å². The number of rotatable bonds is 4. The van der Waals surface area contributed by atoms with Gasteiger partial charge in [0.05, 0.1) is 6.54 Å². The summed E-state index contributed by atoms with van der Waals surface area (Å²) >= 11 is 0. The van der Waals surface area contributed by atoms with Crippen molar-refractivity contribution in [2.24, 2.45) is 4.99 Å². The average molecular weight is 313 g/mol. The number of para-hydroxylation sites is 1. The minimum absolute atomic E-state index is 0.292. The topological polar surface area (TPSA) is 36.9 Å². The molecule has 120 valence electrons. The predicted octanol–water partition coefficient (Wildman–Crippen LogP) is 2.84. The minimum atomic E-state index is -0.292. The third-order valence-corrected chi connectivity index (χ3v) is 3.80. The molecule has 0 spiro atoms. The second-order valence-electron chi connectivity index (χ2n) is 5.31. The summed E-state index contributed by atoms with van der Waals surface area (Å²) in [5.74, 6) is 1.08. The number of guanidine groups is 1. The van der Waals surface area contributed by atoms with Gasteiger partial charge in [-0.25, -0.2) is 4.39 Å². The fourth-order valence-corrected chi connectivity index (χ4v) is 2.74. The fourth-order valence-electron chi connectivity index (χ4n) is 2.74. The molecule has 0 aromatic heterocycles. The molecule has 3 rings (SSSR count). The number of hydrogen-bond acceptors (Lipinski definition) is 2. The summed E-state index contributed by atoms with van der Waals surface area (Å²) in [6.07, 6.45) is 1.02. The van der Waals surface area contributed by atoms with Crippen LogP contribution in [-0.2, 0) is 6.42 Å². The van der Waals surface area contributed by atoms with Crippen molar-refractivity contribution in [1.82, 2.24) is 5.32 Å². The second-order valence-corrected chi connectivity index (χ2v) is 5.31. The molecule has 0 saturated carbocycles. The van der Waals surface area contributed by atoms with E-state index in [4.69, 9.17) is 4.74 Å². The number of hydrogen-bond donors (Lipinski definition) is 1. The third kappa shape index (κ3) is 3.62. The lowest BCUT2D eigenvalue weighted by molar-refractivity contribution is 0.320.